The second kappa shape index (κ2) is 11.0. The monoisotopic (exact) mass is 200 g/mol. The van der Waals surface area contributed by atoms with Crippen LogP contribution < -0.4 is 11.1 Å². The summed E-state index contributed by atoms with van der Waals surface area (Å²) in [6.45, 7) is 7.71. The summed E-state index contributed by atoms with van der Waals surface area (Å²) < 4.78 is 0. The van der Waals surface area contributed by atoms with E-state index in [2.05, 4.69) is 19.2 Å². The van der Waals surface area contributed by atoms with Gasteiger partial charge in [-0.2, -0.15) is 0 Å². The van der Waals surface area contributed by atoms with Gasteiger partial charge in [0.05, 0.1) is 0 Å². The predicted octanol–water partition coefficient (Wildman–Crippen LogP) is 2.53. The van der Waals surface area contributed by atoms with Crippen LogP contribution in [0, 0.1) is 5.92 Å². The van der Waals surface area contributed by atoms with Crippen LogP contribution in [-0.4, -0.2) is 19.6 Å². The first kappa shape index (κ1) is 13.9. The molecule has 0 unspecified atom stereocenters. The molecule has 0 rings (SSSR count). The molecule has 0 aliphatic heterocycles. The molecule has 0 radical (unpaired) electrons. The van der Waals surface area contributed by atoms with Crippen molar-refractivity contribution in [1.29, 1.82) is 0 Å². The number of hydrogen-bond donors (Lipinski definition) is 2. The number of unbranched alkanes of at least 4 members (excludes halogenated alkanes) is 5. The van der Waals surface area contributed by atoms with Gasteiger partial charge < -0.3 is 11.1 Å². The Labute approximate surface area is 89.6 Å². The van der Waals surface area contributed by atoms with Crippen LogP contribution in [-0.2, 0) is 0 Å². The molecule has 3 N–H and O–H groups in total. The van der Waals surface area contributed by atoms with Crippen LogP contribution in [0.3, 0.4) is 0 Å². The van der Waals surface area contributed by atoms with Gasteiger partial charge in [0.1, 0.15) is 0 Å². The van der Waals surface area contributed by atoms with Crippen molar-refractivity contribution >= 4 is 0 Å². The second-order valence-corrected chi connectivity index (χ2v) is 4.51. The lowest BCUT2D eigenvalue weighted by Gasteiger charge is -2.06. The summed E-state index contributed by atoms with van der Waals surface area (Å²) in [6.07, 6.45) is 7.96. The average molecular weight is 200 g/mol. The zero-order chi connectivity index (χ0) is 10.6. The molecular weight excluding hydrogens is 172 g/mol. The fourth-order valence-corrected chi connectivity index (χ4v) is 1.49. The van der Waals surface area contributed by atoms with E-state index in [1.54, 1.807) is 0 Å². The van der Waals surface area contributed by atoms with Crippen molar-refractivity contribution in [2.24, 2.45) is 11.7 Å². The second-order valence-electron chi connectivity index (χ2n) is 4.51. The highest BCUT2D eigenvalue weighted by Gasteiger charge is 1.93. The molecular formula is C12H28N2. The maximum atomic E-state index is 5.43. The minimum Gasteiger partial charge on any atom is -0.330 e. The number of nitrogens with two attached hydrogens (primary N) is 1. The fraction of sp³-hybridized carbons (Fsp3) is 1.00. The maximum Gasteiger partial charge on any atom is -0.00258 e. The molecule has 0 aromatic rings. The summed E-state index contributed by atoms with van der Waals surface area (Å²) in [5, 5.41) is 3.47. The Hall–Kier alpha value is -0.0800. The molecule has 0 aliphatic rings. The van der Waals surface area contributed by atoms with Crippen molar-refractivity contribution < 1.29 is 0 Å². The largest absolute Gasteiger partial charge is 0.330 e. The lowest BCUT2D eigenvalue weighted by Crippen LogP contribution is -2.20. The Morgan fingerprint density at radius 1 is 0.929 bits per heavy atom. The van der Waals surface area contributed by atoms with E-state index in [4.69, 9.17) is 5.73 Å². The standard InChI is InChI=1S/C12H28N2/c1-12(2)11-14-10-8-6-4-3-5-7-9-13/h12,14H,3-11,13H2,1-2H3. The summed E-state index contributed by atoms with van der Waals surface area (Å²) in [5.74, 6) is 0.777. The van der Waals surface area contributed by atoms with Crippen LogP contribution in [0.15, 0.2) is 0 Å². The molecule has 0 atom stereocenters. The van der Waals surface area contributed by atoms with Crippen molar-refractivity contribution in [2.45, 2.75) is 52.4 Å². The first-order chi connectivity index (χ1) is 6.77. The van der Waals surface area contributed by atoms with E-state index in [0.717, 1.165) is 19.0 Å². The van der Waals surface area contributed by atoms with E-state index in [0.29, 0.717) is 0 Å². The normalized spacial score (nSPS) is 11.1. The topological polar surface area (TPSA) is 38.0 Å². The van der Waals surface area contributed by atoms with E-state index in [1.807, 2.05) is 0 Å². The van der Waals surface area contributed by atoms with Crippen molar-refractivity contribution in [3.8, 4) is 0 Å². The Bertz CT molecular complexity index is 102. The van der Waals surface area contributed by atoms with E-state index in [-0.39, 0.29) is 0 Å². The first-order valence-corrected chi connectivity index (χ1v) is 6.18. The van der Waals surface area contributed by atoms with Crippen LogP contribution in [0.2, 0.25) is 0 Å². The molecule has 2 nitrogen and oxygen atoms in total. The molecule has 0 aromatic heterocycles. The Morgan fingerprint density at radius 2 is 1.50 bits per heavy atom. The number of hydrogen-bond acceptors (Lipinski definition) is 2. The van der Waals surface area contributed by atoms with Gasteiger partial charge in [-0.1, -0.05) is 39.5 Å². The number of rotatable bonds is 10. The Kier molecular flexibility index (Phi) is 10.9. The number of nitrogens with one attached hydrogen (secondary N) is 1. The van der Waals surface area contributed by atoms with Gasteiger partial charge in [-0.3, -0.25) is 0 Å². The van der Waals surface area contributed by atoms with Gasteiger partial charge in [-0.05, 0) is 38.4 Å². The quantitative estimate of drug-likeness (QED) is 0.532. The molecule has 0 bridgehead atoms. The molecule has 86 valence electrons. The highest BCUT2D eigenvalue weighted by atomic mass is 14.8. The Morgan fingerprint density at radius 3 is 2.07 bits per heavy atom. The van der Waals surface area contributed by atoms with Gasteiger partial charge in [0, 0.05) is 0 Å². The molecule has 14 heavy (non-hydrogen) atoms. The van der Waals surface area contributed by atoms with Crippen molar-refractivity contribution in [3.05, 3.63) is 0 Å². The van der Waals surface area contributed by atoms with Gasteiger partial charge in [0.2, 0.25) is 0 Å². The van der Waals surface area contributed by atoms with Crippen molar-refractivity contribution in [1.82, 2.24) is 5.32 Å². The molecule has 0 amide bonds. The summed E-state index contributed by atoms with van der Waals surface area (Å²) in [4.78, 5) is 0. The molecule has 2 heteroatoms. The van der Waals surface area contributed by atoms with Crippen LogP contribution in [0.25, 0.3) is 0 Å². The van der Waals surface area contributed by atoms with E-state index < -0.39 is 0 Å². The van der Waals surface area contributed by atoms with Crippen molar-refractivity contribution in [2.75, 3.05) is 19.6 Å². The highest BCUT2D eigenvalue weighted by molar-refractivity contribution is 4.52. The maximum absolute atomic E-state index is 5.43. The summed E-state index contributed by atoms with van der Waals surface area (Å²) in [5.41, 5.74) is 5.43. The SMILES string of the molecule is CC(C)CNCCCCCCCCN. The van der Waals surface area contributed by atoms with E-state index >= 15 is 0 Å². The van der Waals surface area contributed by atoms with Gasteiger partial charge in [-0.25, -0.2) is 0 Å². The van der Waals surface area contributed by atoms with Gasteiger partial charge in [-0.15, -0.1) is 0 Å². The van der Waals surface area contributed by atoms with Crippen molar-refractivity contribution in [3.63, 3.8) is 0 Å². The lowest BCUT2D eigenvalue weighted by molar-refractivity contribution is 0.521. The zero-order valence-electron chi connectivity index (χ0n) is 10.0. The predicted molar refractivity (Wildman–Crippen MR) is 64.5 cm³/mol. The molecule has 0 aliphatic carbocycles. The highest BCUT2D eigenvalue weighted by Crippen LogP contribution is 2.03. The molecule has 0 fully saturated rings. The molecule has 0 saturated carbocycles. The van der Waals surface area contributed by atoms with Gasteiger partial charge >= 0.3 is 0 Å². The smallest absolute Gasteiger partial charge is 0.00258 e. The Balaban J connectivity index is 2.85. The van der Waals surface area contributed by atoms with Crippen LogP contribution in [0.4, 0.5) is 0 Å². The van der Waals surface area contributed by atoms with E-state index in [1.165, 1.54) is 45.1 Å². The molecule has 0 heterocycles. The van der Waals surface area contributed by atoms with Gasteiger partial charge in [0.15, 0.2) is 0 Å². The minimum absolute atomic E-state index is 0.777. The first-order valence-electron chi connectivity index (χ1n) is 6.18. The third kappa shape index (κ3) is 11.9. The minimum atomic E-state index is 0.777. The summed E-state index contributed by atoms with van der Waals surface area (Å²) in [6, 6.07) is 0. The molecule has 0 spiro atoms. The van der Waals surface area contributed by atoms with Crippen LogP contribution >= 0.6 is 0 Å². The van der Waals surface area contributed by atoms with Gasteiger partial charge in [0.25, 0.3) is 0 Å². The van der Waals surface area contributed by atoms with Crippen LogP contribution in [0.5, 0.6) is 0 Å². The molecule has 0 saturated heterocycles. The third-order valence-electron chi connectivity index (χ3n) is 2.36. The summed E-state index contributed by atoms with van der Waals surface area (Å²) in [7, 11) is 0. The third-order valence-corrected chi connectivity index (χ3v) is 2.36. The fourth-order valence-electron chi connectivity index (χ4n) is 1.49. The lowest BCUT2D eigenvalue weighted by atomic mass is 10.1. The summed E-state index contributed by atoms with van der Waals surface area (Å²) >= 11 is 0. The van der Waals surface area contributed by atoms with E-state index in [9.17, 15) is 0 Å². The molecule has 0 aromatic carbocycles. The van der Waals surface area contributed by atoms with Crippen LogP contribution in [0.1, 0.15) is 52.4 Å². The average Bonchev–Trinajstić information content (AvgIpc) is 2.15. The zero-order valence-corrected chi connectivity index (χ0v) is 10.0.